The molecule has 15 heavy (non-hydrogen) atoms. The van der Waals surface area contributed by atoms with E-state index in [-0.39, 0.29) is 21.7 Å². The Kier molecular flexibility index (Phi) is 5.76. The Hall–Kier alpha value is -0.406. The number of halogens is 6. The largest absolute Gasteiger partial charge is 0.453 e. The van der Waals surface area contributed by atoms with Crippen LogP contribution >= 0.6 is 0 Å². The second-order valence-corrected chi connectivity index (χ2v) is 2.13. The van der Waals surface area contributed by atoms with Crippen LogP contribution in [0.3, 0.4) is 0 Å². The molecule has 0 aliphatic carbocycles. The van der Waals surface area contributed by atoms with Crippen LogP contribution in [0.5, 0.6) is 0 Å². The molecule has 0 atom stereocenters. The summed E-state index contributed by atoms with van der Waals surface area (Å²) >= 11 is 0. The molecule has 0 saturated carbocycles. The van der Waals surface area contributed by atoms with Crippen LogP contribution in [0.2, 0.25) is 0 Å². The van der Waals surface area contributed by atoms with Gasteiger partial charge in [0.1, 0.15) is 0 Å². The molecule has 0 amide bonds. The number of carbonyl (C=O) groups excluding carboxylic acids is 2. The third-order valence-electron chi connectivity index (χ3n) is 1.06. The first-order valence-electron chi connectivity index (χ1n) is 2.88. The number of hydrogen-bond acceptors (Lipinski definition) is 3. The van der Waals surface area contributed by atoms with Crippen LogP contribution in [0.4, 0.5) is 26.3 Å². The van der Waals surface area contributed by atoms with Crippen molar-refractivity contribution >= 4 is 11.6 Å². The van der Waals surface area contributed by atoms with Gasteiger partial charge < -0.3 is 5.11 Å². The molecule has 0 fully saturated rings. The van der Waals surface area contributed by atoms with Crippen molar-refractivity contribution in [2.24, 2.45) is 0 Å². The normalized spacial score (nSPS) is 12.3. The maximum absolute atomic E-state index is 11.4. The molecule has 0 aromatic heterocycles. The van der Waals surface area contributed by atoms with Gasteiger partial charge in [0, 0.05) is 21.7 Å². The molecular weight excluding hydrogens is 270 g/mol. The van der Waals surface area contributed by atoms with E-state index in [1.54, 1.807) is 0 Å². The molecule has 0 aliphatic heterocycles. The summed E-state index contributed by atoms with van der Waals surface area (Å²) in [6.45, 7) is 0. The Bertz CT molecular complexity index is 230. The molecule has 0 rings (SSSR count). The minimum atomic E-state index is -5.68. The number of hydrogen-bond donors (Lipinski definition) is 1. The molecule has 0 unspecified atom stereocenters. The van der Waals surface area contributed by atoms with Crippen molar-refractivity contribution in [1.29, 1.82) is 0 Å². The summed E-state index contributed by atoms with van der Waals surface area (Å²) < 4.78 is 68.5. The van der Waals surface area contributed by atoms with E-state index in [4.69, 9.17) is 5.11 Å². The van der Waals surface area contributed by atoms with Crippen LogP contribution in [0.1, 0.15) is 0 Å². The minimum Gasteiger partial charge on any atom is -0.377 e. The van der Waals surface area contributed by atoms with Gasteiger partial charge in [-0.2, -0.15) is 26.3 Å². The molecule has 0 heterocycles. The molecule has 0 aromatic rings. The monoisotopic (exact) mass is 272 g/mol. The first kappa shape index (κ1) is 17.0. The summed E-state index contributed by atoms with van der Waals surface area (Å²) in [4.78, 5) is 19.9. The summed E-state index contributed by atoms with van der Waals surface area (Å²) in [6.07, 6.45) is -15.1. The van der Waals surface area contributed by atoms with Crippen molar-refractivity contribution in [3.05, 3.63) is 0 Å². The van der Waals surface area contributed by atoms with Gasteiger partial charge in [-0.15, -0.1) is 0 Å². The minimum absolute atomic E-state index is 0. The average molecular weight is 272 g/mol. The van der Waals surface area contributed by atoms with E-state index in [9.17, 15) is 35.9 Å². The first-order chi connectivity index (χ1) is 5.98. The van der Waals surface area contributed by atoms with E-state index in [1.165, 1.54) is 0 Å². The van der Waals surface area contributed by atoms with Crippen LogP contribution in [0.15, 0.2) is 0 Å². The van der Waals surface area contributed by atoms with Gasteiger partial charge in [0.05, 0.1) is 0 Å². The van der Waals surface area contributed by atoms with E-state index in [1.807, 2.05) is 0 Å². The number of alkyl halides is 6. The summed E-state index contributed by atoms with van der Waals surface area (Å²) in [5, 5.41) is 8.12. The molecule has 0 saturated heterocycles. The van der Waals surface area contributed by atoms with Crippen LogP contribution < -0.4 is 0 Å². The maximum atomic E-state index is 11.4. The molecule has 0 aliphatic rings. The Balaban J connectivity index is 0. The van der Waals surface area contributed by atoms with Gasteiger partial charge >= 0.3 is 12.4 Å². The van der Waals surface area contributed by atoms with Gasteiger partial charge in [0.2, 0.25) is 0 Å². The standard InChI is InChI=1S/C5H2F6O3.Ti/c6-4(7,8)2(13)1(12)3(14)5(9,10)11;/h1,12H;. The number of aliphatic hydroxyl groups excluding tert-OH is 1. The van der Waals surface area contributed by atoms with Crippen LogP contribution in [0.25, 0.3) is 0 Å². The maximum Gasteiger partial charge on any atom is 0.453 e. The number of ketones is 2. The van der Waals surface area contributed by atoms with Crippen molar-refractivity contribution in [3.63, 3.8) is 0 Å². The van der Waals surface area contributed by atoms with Crippen LogP contribution in [-0.4, -0.2) is 35.1 Å². The van der Waals surface area contributed by atoms with E-state index in [0.29, 0.717) is 0 Å². The fraction of sp³-hybridized carbons (Fsp3) is 0.600. The van der Waals surface area contributed by atoms with Gasteiger partial charge in [-0.05, 0) is 0 Å². The summed E-state index contributed by atoms with van der Waals surface area (Å²) in [6, 6.07) is 0. The topological polar surface area (TPSA) is 54.4 Å². The molecular formula is C5H2F6O3Ti. The molecule has 0 aromatic carbocycles. The second kappa shape index (κ2) is 5.08. The van der Waals surface area contributed by atoms with Crippen molar-refractivity contribution in [1.82, 2.24) is 0 Å². The first-order valence-corrected chi connectivity index (χ1v) is 2.88. The van der Waals surface area contributed by atoms with Crippen molar-refractivity contribution in [2.75, 3.05) is 0 Å². The fourth-order valence-electron chi connectivity index (χ4n) is 0.429. The number of rotatable bonds is 2. The fourth-order valence-corrected chi connectivity index (χ4v) is 0.429. The van der Waals surface area contributed by atoms with Crippen molar-refractivity contribution < 1.29 is 62.8 Å². The molecule has 10 heteroatoms. The van der Waals surface area contributed by atoms with Crippen molar-refractivity contribution in [2.45, 2.75) is 18.5 Å². The third-order valence-corrected chi connectivity index (χ3v) is 1.06. The quantitative estimate of drug-likeness (QED) is 0.455. The Morgan fingerprint density at radius 3 is 1.20 bits per heavy atom. The molecule has 1 N–H and O–H groups in total. The molecule has 3 nitrogen and oxygen atoms in total. The van der Waals surface area contributed by atoms with Gasteiger partial charge in [0.15, 0.2) is 6.10 Å². The predicted molar refractivity (Wildman–Crippen MR) is 28.1 cm³/mol. The third kappa shape index (κ3) is 4.76. The van der Waals surface area contributed by atoms with Crippen LogP contribution in [-0.2, 0) is 31.3 Å². The number of aliphatic hydroxyl groups is 1. The van der Waals surface area contributed by atoms with E-state index in [2.05, 4.69) is 0 Å². The van der Waals surface area contributed by atoms with Gasteiger partial charge in [-0.3, -0.25) is 9.59 Å². The second-order valence-electron chi connectivity index (χ2n) is 2.13. The molecule has 0 radical (unpaired) electrons. The van der Waals surface area contributed by atoms with Crippen LogP contribution in [0, 0.1) is 0 Å². The zero-order valence-corrected chi connectivity index (χ0v) is 8.17. The van der Waals surface area contributed by atoms with E-state index in [0.717, 1.165) is 0 Å². The Morgan fingerprint density at radius 1 is 0.867 bits per heavy atom. The zero-order valence-electron chi connectivity index (χ0n) is 6.61. The van der Waals surface area contributed by atoms with Gasteiger partial charge in [-0.25, -0.2) is 0 Å². The molecule has 0 bridgehead atoms. The van der Waals surface area contributed by atoms with E-state index >= 15 is 0 Å². The summed E-state index contributed by atoms with van der Waals surface area (Å²) in [5.41, 5.74) is 0. The average Bonchev–Trinajstić information content (AvgIpc) is 1.97. The number of carbonyl (C=O) groups is 2. The van der Waals surface area contributed by atoms with Gasteiger partial charge in [-0.1, -0.05) is 0 Å². The molecule has 86 valence electrons. The SMILES string of the molecule is O=C(C(O)C(=O)C(F)(F)F)C(F)(F)F.[Ti]. The Morgan fingerprint density at radius 2 is 1.07 bits per heavy atom. The summed E-state index contributed by atoms with van der Waals surface area (Å²) in [5.74, 6) is -6.28. The Labute approximate surface area is 93.3 Å². The van der Waals surface area contributed by atoms with Gasteiger partial charge in [0.25, 0.3) is 11.6 Å². The molecule has 0 spiro atoms. The van der Waals surface area contributed by atoms with Crippen molar-refractivity contribution in [3.8, 4) is 0 Å². The smallest absolute Gasteiger partial charge is 0.377 e. The van der Waals surface area contributed by atoms with E-state index < -0.39 is 30.0 Å². The zero-order chi connectivity index (χ0) is 11.7. The predicted octanol–water partition coefficient (Wildman–Crippen LogP) is 0.608. The number of Topliss-reactive ketones (excluding diaryl/α,β-unsaturated/α-hetero) is 2. The summed E-state index contributed by atoms with van der Waals surface area (Å²) in [7, 11) is 0.